The van der Waals surface area contributed by atoms with Crippen LogP contribution in [0.4, 0.5) is 5.69 Å². The number of nitrogen functional groups attached to an aromatic ring is 1. The van der Waals surface area contributed by atoms with E-state index >= 15 is 0 Å². The second-order valence-corrected chi connectivity index (χ2v) is 9.45. The third-order valence-corrected chi connectivity index (χ3v) is 7.00. The lowest BCUT2D eigenvalue weighted by molar-refractivity contribution is -0.0414. The first-order chi connectivity index (χ1) is 14.4. The fourth-order valence-electron chi connectivity index (χ4n) is 4.22. The first-order valence-electron chi connectivity index (χ1n) is 10.2. The number of fused-ring (bicyclic) bond motifs is 3. The van der Waals surface area contributed by atoms with Gasteiger partial charge in [0.15, 0.2) is 0 Å². The molecule has 1 fully saturated rings. The molecule has 0 saturated carbocycles. The van der Waals surface area contributed by atoms with Crippen LogP contribution in [-0.4, -0.2) is 47.7 Å². The number of pyridine rings is 1. The van der Waals surface area contributed by atoms with Gasteiger partial charge in [0.2, 0.25) is 0 Å². The van der Waals surface area contributed by atoms with Crippen molar-refractivity contribution in [3.63, 3.8) is 0 Å². The lowest BCUT2D eigenvalue weighted by atomic mass is 9.90. The van der Waals surface area contributed by atoms with Crippen molar-refractivity contribution >= 4 is 33.0 Å². The molecule has 0 radical (unpaired) electrons. The molecule has 0 aliphatic carbocycles. The summed E-state index contributed by atoms with van der Waals surface area (Å²) in [5.74, 6) is -0.0175. The van der Waals surface area contributed by atoms with Crippen LogP contribution in [0.1, 0.15) is 34.8 Å². The summed E-state index contributed by atoms with van der Waals surface area (Å²) < 4.78 is 12.4. The van der Waals surface area contributed by atoms with Crippen LogP contribution in [0, 0.1) is 0 Å². The molecule has 4 heterocycles. The van der Waals surface area contributed by atoms with E-state index in [4.69, 9.17) is 20.2 Å². The fourth-order valence-corrected chi connectivity index (χ4v) is 5.45. The van der Waals surface area contributed by atoms with Gasteiger partial charge in [-0.3, -0.25) is 4.79 Å². The molecule has 30 heavy (non-hydrogen) atoms. The van der Waals surface area contributed by atoms with Gasteiger partial charge in [-0.2, -0.15) is 0 Å². The minimum atomic E-state index is -0.293. The normalized spacial score (nSPS) is 18.4. The molecule has 156 valence electrons. The number of carbonyl (C=O) groups excluding carboxylic acids is 1. The highest BCUT2D eigenvalue weighted by atomic mass is 32.1. The molecule has 0 bridgehead atoms. The summed E-state index contributed by atoms with van der Waals surface area (Å²) in [5.41, 5.74) is 10.8. The lowest BCUT2D eigenvalue weighted by Gasteiger charge is -2.32. The number of hydrogen-bond donors (Lipinski definition) is 1. The van der Waals surface area contributed by atoms with Crippen LogP contribution in [-0.2, 0) is 22.5 Å². The summed E-state index contributed by atoms with van der Waals surface area (Å²) in [6.45, 7) is 6.91. The number of hydrogen-bond acceptors (Lipinski definition) is 6. The first-order valence-corrected chi connectivity index (χ1v) is 11.1. The highest BCUT2D eigenvalue weighted by Crippen LogP contribution is 2.45. The summed E-state index contributed by atoms with van der Waals surface area (Å²) in [7, 11) is 0. The maximum absolute atomic E-state index is 13.3. The smallest absolute Gasteiger partial charge is 0.266 e. The molecule has 3 aromatic rings. The van der Waals surface area contributed by atoms with Crippen molar-refractivity contribution in [2.24, 2.45) is 0 Å². The van der Waals surface area contributed by atoms with E-state index in [9.17, 15) is 4.79 Å². The number of nitrogens with zero attached hydrogens (tertiary/aromatic N) is 2. The van der Waals surface area contributed by atoms with Crippen molar-refractivity contribution in [2.75, 3.05) is 32.0 Å². The number of ether oxygens (including phenoxy) is 2. The number of carbonyl (C=O) groups is 1. The Balaban J connectivity index is 1.73. The van der Waals surface area contributed by atoms with Gasteiger partial charge in [0.25, 0.3) is 5.91 Å². The van der Waals surface area contributed by atoms with Crippen molar-refractivity contribution in [1.82, 2.24) is 9.88 Å². The zero-order valence-electron chi connectivity index (χ0n) is 17.2. The maximum atomic E-state index is 13.3. The number of amides is 1. The quantitative estimate of drug-likeness (QED) is 0.677. The van der Waals surface area contributed by atoms with E-state index in [0.717, 1.165) is 32.6 Å². The van der Waals surface area contributed by atoms with E-state index in [1.807, 2.05) is 35.2 Å². The Morgan fingerprint density at radius 1 is 1.20 bits per heavy atom. The average Bonchev–Trinajstić information content (AvgIpc) is 3.11. The molecule has 2 N–H and O–H groups in total. The molecule has 2 aromatic heterocycles. The van der Waals surface area contributed by atoms with E-state index in [-0.39, 0.29) is 11.5 Å². The van der Waals surface area contributed by atoms with Gasteiger partial charge in [-0.05, 0) is 19.4 Å². The number of morpholine rings is 1. The Kier molecular flexibility index (Phi) is 4.76. The highest BCUT2D eigenvalue weighted by Gasteiger charge is 2.33. The molecule has 0 spiro atoms. The first kappa shape index (κ1) is 19.5. The Morgan fingerprint density at radius 2 is 1.93 bits per heavy atom. The Bertz CT molecular complexity index is 1120. The summed E-state index contributed by atoms with van der Waals surface area (Å²) in [6.07, 6.45) is 0.715. The number of benzene rings is 1. The van der Waals surface area contributed by atoms with Gasteiger partial charge in [0.05, 0.1) is 47.2 Å². The standard InChI is InChI=1S/C23H25N3O3S/c1-23(2)12-15-16(13-29-23)25-19(14-6-4-3-5-7-14)20-17(15)18(24)21(30-20)22(27)26-8-10-28-11-9-26/h3-7H,8-13,24H2,1-2H3. The number of aromatic nitrogens is 1. The molecule has 0 atom stereocenters. The van der Waals surface area contributed by atoms with Crippen LogP contribution in [0.3, 0.4) is 0 Å². The number of nitrogens with two attached hydrogens (primary N) is 1. The second kappa shape index (κ2) is 7.34. The van der Waals surface area contributed by atoms with Crippen LogP contribution < -0.4 is 5.73 Å². The Morgan fingerprint density at radius 3 is 2.67 bits per heavy atom. The minimum absolute atomic E-state index is 0.0175. The van der Waals surface area contributed by atoms with E-state index in [1.165, 1.54) is 11.3 Å². The van der Waals surface area contributed by atoms with Gasteiger partial charge in [0.1, 0.15) is 4.88 Å². The largest absolute Gasteiger partial charge is 0.397 e. The second-order valence-electron chi connectivity index (χ2n) is 8.43. The molecular formula is C23H25N3O3S. The third kappa shape index (κ3) is 3.27. The Hall–Kier alpha value is -2.48. The number of thiophene rings is 1. The summed E-state index contributed by atoms with van der Waals surface area (Å²) in [4.78, 5) is 20.7. The van der Waals surface area contributed by atoms with E-state index < -0.39 is 0 Å². The van der Waals surface area contributed by atoms with Gasteiger partial charge in [0, 0.05) is 30.5 Å². The molecule has 2 aliphatic rings. The van der Waals surface area contributed by atoms with E-state index in [2.05, 4.69) is 13.8 Å². The fraction of sp³-hybridized carbons (Fsp3) is 0.391. The van der Waals surface area contributed by atoms with Crippen molar-refractivity contribution in [2.45, 2.75) is 32.5 Å². The summed E-state index contributed by atoms with van der Waals surface area (Å²) in [6, 6.07) is 10.1. The van der Waals surface area contributed by atoms with Gasteiger partial charge < -0.3 is 20.1 Å². The zero-order valence-corrected chi connectivity index (χ0v) is 18.1. The van der Waals surface area contributed by atoms with Crippen molar-refractivity contribution < 1.29 is 14.3 Å². The van der Waals surface area contributed by atoms with Crippen molar-refractivity contribution in [3.8, 4) is 11.3 Å². The van der Waals surface area contributed by atoms with E-state index in [0.29, 0.717) is 49.9 Å². The molecule has 7 heteroatoms. The zero-order chi connectivity index (χ0) is 20.9. The monoisotopic (exact) mass is 423 g/mol. The summed E-state index contributed by atoms with van der Waals surface area (Å²) in [5, 5.41) is 0.969. The van der Waals surface area contributed by atoms with Crippen molar-refractivity contribution in [1.29, 1.82) is 0 Å². The molecule has 5 rings (SSSR count). The molecule has 1 saturated heterocycles. The molecule has 6 nitrogen and oxygen atoms in total. The van der Waals surface area contributed by atoms with E-state index in [1.54, 1.807) is 0 Å². The number of rotatable bonds is 2. The van der Waals surface area contributed by atoms with Crippen LogP contribution in [0.2, 0.25) is 0 Å². The van der Waals surface area contributed by atoms with Gasteiger partial charge in [-0.15, -0.1) is 11.3 Å². The topological polar surface area (TPSA) is 77.7 Å². The molecular weight excluding hydrogens is 398 g/mol. The maximum Gasteiger partial charge on any atom is 0.266 e. The van der Waals surface area contributed by atoms with Crippen molar-refractivity contribution in [3.05, 3.63) is 46.5 Å². The molecule has 2 aliphatic heterocycles. The van der Waals surface area contributed by atoms with Crippen LogP contribution in [0.15, 0.2) is 30.3 Å². The molecule has 1 amide bonds. The van der Waals surface area contributed by atoms with Crippen LogP contribution in [0.5, 0.6) is 0 Å². The predicted molar refractivity (Wildman–Crippen MR) is 119 cm³/mol. The molecule has 0 unspecified atom stereocenters. The average molecular weight is 424 g/mol. The van der Waals surface area contributed by atoms with Gasteiger partial charge >= 0.3 is 0 Å². The van der Waals surface area contributed by atoms with Crippen LogP contribution >= 0.6 is 11.3 Å². The predicted octanol–water partition coefficient (Wildman–Crippen LogP) is 3.87. The molecule has 1 aromatic carbocycles. The van der Waals surface area contributed by atoms with Gasteiger partial charge in [-0.25, -0.2) is 4.98 Å². The summed E-state index contributed by atoms with van der Waals surface area (Å²) >= 11 is 1.46. The van der Waals surface area contributed by atoms with Gasteiger partial charge in [-0.1, -0.05) is 30.3 Å². The Labute approximate surface area is 179 Å². The lowest BCUT2D eigenvalue weighted by Crippen LogP contribution is -2.40. The SMILES string of the molecule is CC1(C)Cc2c(nc(-c3ccccc3)c3sc(C(=O)N4CCOCC4)c(N)c23)CO1. The highest BCUT2D eigenvalue weighted by molar-refractivity contribution is 7.22. The van der Waals surface area contributed by atoms with Crippen LogP contribution in [0.25, 0.3) is 21.3 Å². The third-order valence-electron chi connectivity index (χ3n) is 5.80. The minimum Gasteiger partial charge on any atom is -0.397 e. The number of anilines is 1.